The molecule has 2 saturated heterocycles. The van der Waals surface area contributed by atoms with E-state index in [1.54, 1.807) is 23.5 Å². The lowest BCUT2D eigenvalue weighted by atomic mass is 9.90. The molecule has 148 valence electrons. The number of hydrogen-bond acceptors (Lipinski definition) is 4. The quantitative estimate of drug-likeness (QED) is 0.790. The SMILES string of the molecule is COc1ccccc1C(=O)N1C[C@@H]2CN(S(C)(=O)=O)[C@@H](c3ccccc3)[C@@H]2C1. The normalized spacial score (nSPS) is 24.9. The van der Waals surface area contributed by atoms with Crippen LogP contribution < -0.4 is 4.74 Å². The van der Waals surface area contributed by atoms with E-state index in [0.29, 0.717) is 30.9 Å². The largest absolute Gasteiger partial charge is 0.496 e. The molecule has 7 heteroatoms. The van der Waals surface area contributed by atoms with Gasteiger partial charge in [0.15, 0.2) is 0 Å². The molecule has 0 aromatic heterocycles. The van der Waals surface area contributed by atoms with Gasteiger partial charge in [0.1, 0.15) is 5.75 Å². The lowest BCUT2D eigenvalue weighted by Crippen LogP contribution is -2.37. The Bertz CT molecular complexity index is 977. The van der Waals surface area contributed by atoms with Crippen LogP contribution in [0, 0.1) is 11.8 Å². The van der Waals surface area contributed by atoms with E-state index in [2.05, 4.69) is 0 Å². The molecule has 2 fully saturated rings. The molecule has 2 heterocycles. The Labute approximate surface area is 165 Å². The Kier molecular flexibility index (Phi) is 4.89. The zero-order valence-electron chi connectivity index (χ0n) is 16.0. The van der Waals surface area contributed by atoms with Crippen LogP contribution >= 0.6 is 0 Å². The van der Waals surface area contributed by atoms with Gasteiger partial charge in [-0.1, -0.05) is 42.5 Å². The van der Waals surface area contributed by atoms with Gasteiger partial charge in [-0.3, -0.25) is 4.79 Å². The van der Waals surface area contributed by atoms with Crippen molar-refractivity contribution < 1.29 is 17.9 Å². The summed E-state index contributed by atoms with van der Waals surface area (Å²) >= 11 is 0. The average Bonchev–Trinajstić information content (AvgIpc) is 3.26. The third-order valence-electron chi connectivity index (χ3n) is 5.81. The fourth-order valence-electron chi connectivity index (χ4n) is 4.57. The number of methoxy groups -OCH3 is 1. The number of fused-ring (bicyclic) bond motifs is 1. The van der Waals surface area contributed by atoms with Crippen LogP contribution in [0.2, 0.25) is 0 Å². The van der Waals surface area contributed by atoms with Crippen LogP contribution in [0.4, 0.5) is 0 Å². The monoisotopic (exact) mass is 400 g/mol. The summed E-state index contributed by atoms with van der Waals surface area (Å²) in [5.41, 5.74) is 1.52. The summed E-state index contributed by atoms with van der Waals surface area (Å²) in [5, 5.41) is 0. The number of nitrogens with zero attached hydrogens (tertiary/aromatic N) is 2. The third kappa shape index (κ3) is 3.29. The molecule has 0 spiro atoms. The minimum Gasteiger partial charge on any atom is -0.496 e. The lowest BCUT2D eigenvalue weighted by molar-refractivity contribution is 0.0770. The molecular weight excluding hydrogens is 376 g/mol. The highest BCUT2D eigenvalue weighted by atomic mass is 32.2. The average molecular weight is 401 g/mol. The molecule has 0 unspecified atom stereocenters. The first kappa shape index (κ1) is 19.0. The Morgan fingerprint density at radius 1 is 1.00 bits per heavy atom. The molecule has 0 N–H and O–H groups in total. The highest BCUT2D eigenvalue weighted by Crippen LogP contribution is 2.46. The number of ether oxygens (including phenoxy) is 1. The summed E-state index contributed by atoms with van der Waals surface area (Å²) in [6.45, 7) is 1.53. The summed E-state index contributed by atoms with van der Waals surface area (Å²) in [4.78, 5) is 14.9. The molecule has 0 aliphatic carbocycles. The third-order valence-corrected chi connectivity index (χ3v) is 7.04. The molecule has 4 rings (SSSR count). The van der Waals surface area contributed by atoms with Gasteiger partial charge in [-0.2, -0.15) is 4.31 Å². The number of carbonyl (C=O) groups is 1. The highest BCUT2D eigenvalue weighted by Gasteiger charge is 2.51. The van der Waals surface area contributed by atoms with E-state index in [9.17, 15) is 13.2 Å². The smallest absolute Gasteiger partial charge is 0.257 e. The van der Waals surface area contributed by atoms with Crippen molar-refractivity contribution in [3.05, 3.63) is 65.7 Å². The van der Waals surface area contributed by atoms with E-state index in [1.165, 1.54) is 6.26 Å². The molecule has 6 nitrogen and oxygen atoms in total. The second-order valence-electron chi connectivity index (χ2n) is 7.52. The van der Waals surface area contributed by atoms with Crippen molar-refractivity contribution in [2.75, 3.05) is 33.0 Å². The minimum absolute atomic E-state index is 0.0652. The first-order valence-electron chi connectivity index (χ1n) is 9.34. The van der Waals surface area contributed by atoms with E-state index in [4.69, 9.17) is 4.74 Å². The van der Waals surface area contributed by atoms with Crippen molar-refractivity contribution in [3.8, 4) is 5.75 Å². The van der Waals surface area contributed by atoms with Gasteiger partial charge in [0.2, 0.25) is 10.0 Å². The maximum Gasteiger partial charge on any atom is 0.257 e. The molecule has 3 atom stereocenters. The van der Waals surface area contributed by atoms with Crippen LogP contribution in [0.25, 0.3) is 0 Å². The maximum atomic E-state index is 13.1. The molecule has 1 amide bonds. The van der Waals surface area contributed by atoms with Gasteiger partial charge in [-0.15, -0.1) is 0 Å². The van der Waals surface area contributed by atoms with Gasteiger partial charge in [0.05, 0.1) is 25.0 Å². The molecule has 2 aliphatic rings. The first-order chi connectivity index (χ1) is 13.4. The van der Waals surface area contributed by atoms with Gasteiger partial charge in [-0.25, -0.2) is 8.42 Å². The molecule has 0 radical (unpaired) electrons. The van der Waals surface area contributed by atoms with Crippen LogP contribution in [0.3, 0.4) is 0 Å². The van der Waals surface area contributed by atoms with E-state index in [1.807, 2.05) is 47.4 Å². The van der Waals surface area contributed by atoms with E-state index in [-0.39, 0.29) is 23.8 Å². The predicted molar refractivity (Wildman–Crippen MR) is 107 cm³/mol. The summed E-state index contributed by atoms with van der Waals surface area (Å²) < 4.78 is 31.7. The van der Waals surface area contributed by atoms with Crippen LogP contribution in [-0.4, -0.2) is 56.5 Å². The summed E-state index contributed by atoms with van der Waals surface area (Å²) in [5.74, 6) is 0.695. The number of para-hydroxylation sites is 1. The van der Waals surface area contributed by atoms with E-state index in [0.717, 1.165) is 5.56 Å². The number of carbonyl (C=O) groups excluding carboxylic acids is 1. The highest BCUT2D eigenvalue weighted by molar-refractivity contribution is 7.88. The second kappa shape index (κ2) is 7.22. The lowest BCUT2D eigenvalue weighted by Gasteiger charge is -2.28. The molecular formula is C21H24N2O4S. The van der Waals surface area contributed by atoms with Crippen molar-refractivity contribution in [1.29, 1.82) is 0 Å². The van der Waals surface area contributed by atoms with E-state index >= 15 is 0 Å². The fourth-order valence-corrected chi connectivity index (χ4v) is 5.72. The van der Waals surface area contributed by atoms with Gasteiger partial charge in [0, 0.05) is 25.6 Å². The van der Waals surface area contributed by atoms with Crippen molar-refractivity contribution in [3.63, 3.8) is 0 Å². The Morgan fingerprint density at radius 2 is 1.68 bits per heavy atom. The summed E-state index contributed by atoms with van der Waals surface area (Å²) in [6.07, 6.45) is 1.27. The number of benzene rings is 2. The number of amides is 1. The molecule has 2 aromatic carbocycles. The van der Waals surface area contributed by atoms with Crippen molar-refractivity contribution in [2.24, 2.45) is 11.8 Å². The van der Waals surface area contributed by atoms with Crippen molar-refractivity contribution in [1.82, 2.24) is 9.21 Å². The van der Waals surface area contributed by atoms with Gasteiger partial charge >= 0.3 is 0 Å². The van der Waals surface area contributed by atoms with Crippen LogP contribution in [-0.2, 0) is 10.0 Å². The van der Waals surface area contributed by atoms with Crippen molar-refractivity contribution >= 4 is 15.9 Å². The number of rotatable bonds is 4. The summed E-state index contributed by atoms with van der Waals surface area (Å²) in [7, 11) is -1.78. The topological polar surface area (TPSA) is 66.9 Å². The van der Waals surface area contributed by atoms with E-state index < -0.39 is 10.0 Å². The van der Waals surface area contributed by atoms with Gasteiger partial charge in [-0.05, 0) is 23.6 Å². The maximum absolute atomic E-state index is 13.1. The Balaban J connectivity index is 1.63. The summed E-state index contributed by atoms with van der Waals surface area (Å²) in [6, 6.07) is 16.7. The number of hydrogen-bond donors (Lipinski definition) is 0. The number of sulfonamides is 1. The van der Waals surface area contributed by atoms with Crippen LogP contribution in [0.15, 0.2) is 54.6 Å². The Morgan fingerprint density at radius 3 is 2.36 bits per heavy atom. The van der Waals surface area contributed by atoms with Gasteiger partial charge in [0.25, 0.3) is 5.91 Å². The zero-order valence-corrected chi connectivity index (χ0v) is 16.8. The molecule has 28 heavy (non-hydrogen) atoms. The van der Waals surface area contributed by atoms with Gasteiger partial charge < -0.3 is 9.64 Å². The molecule has 0 saturated carbocycles. The van der Waals surface area contributed by atoms with Crippen molar-refractivity contribution in [2.45, 2.75) is 6.04 Å². The number of likely N-dealkylation sites (tertiary alicyclic amines) is 1. The second-order valence-corrected chi connectivity index (χ2v) is 9.46. The molecule has 2 aromatic rings. The Hall–Kier alpha value is -2.38. The molecule has 0 bridgehead atoms. The first-order valence-corrected chi connectivity index (χ1v) is 11.2. The predicted octanol–water partition coefficient (Wildman–Crippen LogP) is 2.40. The standard InChI is InChI=1S/C21H24N2O4S/c1-27-19-11-7-6-10-17(19)21(24)22-12-16-13-23(28(2,25)26)20(18(16)14-22)15-8-4-3-5-9-15/h3-11,16,18,20H,12-14H2,1-2H3/t16-,18-,20+/m1/s1. The fraction of sp³-hybridized carbons (Fsp3) is 0.381. The minimum atomic E-state index is -3.33. The van der Waals surface area contributed by atoms with Crippen LogP contribution in [0.5, 0.6) is 5.75 Å². The van der Waals surface area contributed by atoms with Crippen LogP contribution in [0.1, 0.15) is 22.0 Å². The zero-order chi connectivity index (χ0) is 19.9. The molecule has 2 aliphatic heterocycles.